The van der Waals surface area contributed by atoms with E-state index in [-0.39, 0.29) is 18.0 Å². The van der Waals surface area contributed by atoms with Crippen molar-refractivity contribution in [1.29, 1.82) is 0 Å². The van der Waals surface area contributed by atoms with E-state index < -0.39 is 4.92 Å². The van der Waals surface area contributed by atoms with Gasteiger partial charge in [0.25, 0.3) is 5.69 Å². The van der Waals surface area contributed by atoms with Gasteiger partial charge in [-0.2, -0.15) is 5.10 Å². The highest BCUT2D eigenvalue weighted by Gasteiger charge is 2.05. The van der Waals surface area contributed by atoms with Crippen molar-refractivity contribution in [2.75, 3.05) is 0 Å². The number of hydrogen-bond donors (Lipinski definition) is 1. The molecule has 1 aromatic heterocycles. The number of aryl methyl sites for hydroxylation is 1. The molecule has 0 spiro atoms. The van der Waals surface area contributed by atoms with E-state index in [0.29, 0.717) is 11.3 Å². The Morgan fingerprint density at radius 1 is 1.48 bits per heavy atom. The number of nitro benzene ring substituents is 1. The minimum Gasteiger partial charge on any atom is -0.273 e. The number of hydrogen-bond acceptors (Lipinski definition) is 6. The van der Waals surface area contributed by atoms with Crippen LogP contribution >= 0.6 is 11.3 Å². The van der Waals surface area contributed by atoms with Crippen LogP contribution in [0.4, 0.5) is 5.69 Å². The predicted molar refractivity (Wildman–Crippen MR) is 79.4 cm³/mol. The van der Waals surface area contributed by atoms with Crippen LogP contribution in [0.5, 0.6) is 0 Å². The van der Waals surface area contributed by atoms with Crippen molar-refractivity contribution in [3.63, 3.8) is 0 Å². The molecule has 21 heavy (non-hydrogen) atoms. The third kappa shape index (κ3) is 4.46. The first-order valence-electron chi connectivity index (χ1n) is 6.02. The molecule has 8 heteroatoms. The van der Waals surface area contributed by atoms with Crippen molar-refractivity contribution in [1.82, 2.24) is 10.4 Å². The Kier molecular flexibility index (Phi) is 4.72. The van der Waals surface area contributed by atoms with Gasteiger partial charge in [0.05, 0.1) is 28.3 Å². The second-order valence-corrected chi connectivity index (χ2v) is 5.24. The lowest BCUT2D eigenvalue weighted by atomic mass is 10.2. The molecule has 0 aliphatic rings. The molecule has 0 saturated heterocycles. The van der Waals surface area contributed by atoms with Crippen LogP contribution in [0.25, 0.3) is 0 Å². The highest BCUT2D eigenvalue weighted by atomic mass is 32.1. The van der Waals surface area contributed by atoms with Gasteiger partial charge in [-0.3, -0.25) is 14.9 Å². The zero-order chi connectivity index (χ0) is 15.2. The molecule has 2 aromatic rings. The maximum Gasteiger partial charge on any atom is 0.269 e. The van der Waals surface area contributed by atoms with E-state index >= 15 is 0 Å². The number of hydrazone groups is 1. The third-order valence-corrected chi connectivity index (χ3v) is 3.34. The van der Waals surface area contributed by atoms with Crippen molar-refractivity contribution in [3.8, 4) is 0 Å². The number of aromatic nitrogens is 1. The zero-order valence-electron chi connectivity index (χ0n) is 11.1. The molecular weight excluding hydrogens is 292 g/mol. The molecule has 0 unspecified atom stereocenters. The van der Waals surface area contributed by atoms with Gasteiger partial charge in [-0.1, -0.05) is 0 Å². The van der Waals surface area contributed by atoms with E-state index in [2.05, 4.69) is 15.5 Å². The molecule has 0 radical (unpaired) electrons. The van der Waals surface area contributed by atoms with Crippen molar-refractivity contribution in [3.05, 3.63) is 56.0 Å². The number of benzene rings is 1. The van der Waals surface area contributed by atoms with E-state index in [1.807, 2.05) is 12.3 Å². The van der Waals surface area contributed by atoms with E-state index in [9.17, 15) is 14.9 Å². The molecule has 0 bridgehead atoms. The Morgan fingerprint density at radius 3 is 2.76 bits per heavy atom. The fraction of sp³-hybridized carbons (Fsp3) is 0.154. The summed E-state index contributed by atoms with van der Waals surface area (Å²) in [5.41, 5.74) is 3.76. The highest BCUT2D eigenvalue weighted by Crippen LogP contribution is 2.10. The Morgan fingerprint density at radius 2 is 2.19 bits per heavy atom. The number of carbonyl (C=O) groups excluding carboxylic acids is 1. The Bertz CT molecular complexity index is 679. The van der Waals surface area contributed by atoms with Gasteiger partial charge in [0.1, 0.15) is 0 Å². The third-order valence-electron chi connectivity index (χ3n) is 2.52. The normalized spacial score (nSPS) is 10.7. The maximum absolute atomic E-state index is 11.6. The van der Waals surface area contributed by atoms with Crippen LogP contribution in [0, 0.1) is 17.0 Å². The van der Waals surface area contributed by atoms with E-state index in [0.717, 1.165) is 5.01 Å². The SMILES string of the molecule is Cc1nc(CC(=O)NN=Cc2ccc([N+](=O)[O-])cc2)cs1. The number of nitro groups is 1. The molecule has 7 nitrogen and oxygen atoms in total. The fourth-order valence-electron chi connectivity index (χ4n) is 1.55. The largest absolute Gasteiger partial charge is 0.273 e. The molecule has 1 amide bonds. The number of nitrogens with zero attached hydrogens (tertiary/aromatic N) is 3. The summed E-state index contributed by atoms with van der Waals surface area (Å²) in [7, 11) is 0. The van der Waals surface area contributed by atoms with Gasteiger partial charge >= 0.3 is 0 Å². The van der Waals surface area contributed by atoms with Gasteiger partial charge in [-0.15, -0.1) is 11.3 Å². The van der Waals surface area contributed by atoms with Gasteiger partial charge in [0.15, 0.2) is 0 Å². The Labute approximate surface area is 124 Å². The molecule has 1 N–H and O–H groups in total. The molecule has 0 aliphatic heterocycles. The summed E-state index contributed by atoms with van der Waals surface area (Å²) < 4.78 is 0. The zero-order valence-corrected chi connectivity index (χ0v) is 12.0. The number of amides is 1. The summed E-state index contributed by atoms with van der Waals surface area (Å²) >= 11 is 1.49. The topological polar surface area (TPSA) is 97.5 Å². The lowest BCUT2D eigenvalue weighted by molar-refractivity contribution is -0.384. The minimum atomic E-state index is -0.474. The van der Waals surface area contributed by atoms with Gasteiger partial charge in [-0.25, -0.2) is 10.4 Å². The van der Waals surface area contributed by atoms with E-state index in [4.69, 9.17) is 0 Å². The van der Waals surface area contributed by atoms with E-state index in [1.165, 1.54) is 29.7 Å². The summed E-state index contributed by atoms with van der Waals surface area (Å²) in [6, 6.07) is 5.86. The average molecular weight is 304 g/mol. The standard InChI is InChI=1S/C13H12N4O3S/c1-9-15-11(8-21-9)6-13(18)16-14-7-10-2-4-12(5-3-10)17(19)20/h2-5,7-8H,6H2,1H3,(H,16,18). The van der Waals surface area contributed by atoms with Crippen LogP contribution in [0.2, 0.25) is 0 Å². The van der Waals surface area contributed by atoms with Gasteiger partial charge in [-0.05, 0) is 24.6 Å². The number of thiazole rings is 1. The highest BCUT2D eigenvalue weighted by molar-refractivity contribution is 7.09. The second-order valence-electron chi connectivity index (χ2n) is 4.18. The Balaban J connectivity index is 1.86. The number of carbonyl (C=O) groups is 1. The molecular formula is C13H12N4O3S. The van der Waals surface area contributed by atoms with Gasteiger partial charge in [0, 0.05) is 17.5 Å². The summed E-state index contributed by atoms with van der Waals surface area (Å²) in [6.07, 6.45) is 1.59. The minimum absolute atomic E-state index is 0.00934. The van der Waals surface area contributed by atoms with Crippen LogP contribution in [-0.2, 0) is 11.2 Å². The molecule has 0 fully saturated rings. The monoisotopic (exact) mass is 304 g/mol. The molecule has 0 aliphatic carbocycles. The van der Waals surface area contributed by atoms with Crippen LogP contribution in [0.1, 0.15) is 16.3 Å². The first-order chi connectivity index (χ1) is 10.0. The Hall–Kier alpha value is -2.61. The number of non-ortho nitro benzene ring substituents is 1. The maximum atomic E-state index is 11.6. The molecule has 108 valence electrons. The van der Waals surface area contributed by atoms with Crippen LogP contribution in [0.15, 0.2) is 34.7 Å². The molecule has 1 heterocycles. The average Bonchev–Trinajstić information content (AvgIpc) is 2.84. The summed E-state index contributed by atoms with van der Waals surface area (Å²) in [5.74, 6) is -0.265. The lowest BCUT2D eigenvalue weighted by Crippen LogP contribution is -2.19. The van der Waals surface area contributed by atoms with Crippen molar-refractivity contribution >= 4 is 29.1 Å². The summed E-state index contributed by atoms with van der Waals surface area (Å²) in [4.78, 5) is 25.8. The molecule has 1 aromatic carbocycles. The van der Waals surface area contributed by atoms with Crippen LogP contribution in [0.3, 0.4) is 0 Å². The van der Waals surface area contributed by atoms with Gasteiger partial charge in [0.2, 0.25) is 5.91 Å². The van der Waals surface area contributed by atoms with Gasteiger partial charge < -0.3 is 0 Å². The molecule has 0 atom stereocenters. The summed E-state index contributed by atoms with van der Waals surface area (Å²) in [6.45, 7) is 1.87. The predicted octanol–water partition coefficient (Wildman–Crippen LogP) is 2.05. The van der Waals surface area contributed by atoms with E-state index in [1.54, 1.807) is 12.1 Å². The number of rotatable bonds is 5. The van der Waals surface area contributed by atoms with Crippen LogP contribution < -0.4 is 5.43 Å². The van der Waals surface area contributed by atoms with Crippen molar-refractivity contribution in [2.24, 2.45) is 5.10 Å². The first-order valence-corrected chi connectivity index (χ1v) is 6.90. The first kappa shape index (κ1) is 14.8. The lowest BCUT2D eigenvalue weighted by Gasteiger charge is -1.97. The van der Waals surface area contributed by atoms with Crippen molar-refractivity contribution in [2.45, 2.75) is 13.3 Å². The molecule has 0 saturated carbocycles. The van der Waals surface area contributed by atoms with Crippen LogP contribution in [-0.4, -0.2) is 22.0 Å². The smallest absolute Gasteiger partial charge is 0.269 e. The fourth-order valence-corrected chi connectivity index (χ4v) is 2.17. The second kappa shape index (κ2) is 6.71. The molecule has 2 rings (SSSR count). The summed E-state index contributed by atoms with van der Waals surface area (Å²) in [5, 5.41) is 17.0. The quantitative estimate of drug-likeness (QED) is 0.519. The van der Waals surface area contributed by atoms with Crippen molar-refractivity contribution < 1.29 is 9.72 Å². The number of nitrogens with one attached hydrogen (secondary N) is 1.